The van der Waals surface area contributed by atoms with Crippen LogP contribution in [-0.4, -0.2) is 22.4 Å². The Morgan fingerprint density at radius 2 is 2.10 bits per heavy atom. The lowest BCUT2D eigenvalue weighted by Crippen LogP contribution is -2.23. The minimum atomic E-state index is -0.713. The van der Waals surface area contributed by atoms with Gasteiger partial charge < -0.3 is 10.2 Å². The Balaban J connectivity index is 2.66. The van der Waals surface area contributed by atoms with Gasteiger partial charge in [0.1, 0.15) is 12.2 Å². The third-order valence-electron chi connectivity index (χ3n) is 1.65. The van der Waals surface area contributed by atoms with Crippen LogP contribution in [0.5, 0.6) is 0 Å². The molecule has 0 heterocycles. The van der Waals surface area contributed by atoms with Crippen LogP contribution in [0, 0.1) is 0 Å². The van der Waals surface area contributed by atoms with Gasteiger partial charge in [-0.15, -0.1) is 0 Å². The highest BCUT2D eigenvalue weighted by Crippen LogP contribution is 2.13. The van der Waals surface area contributed by atoms with E-state index in [0.29, 0.717) is 0 Å². The zero-order chi connectivity index (χ0) is 7.56. The van der Waals surface area contributed by atoms with E-state index in [0.717, 1.165) is 12.0 Å². The number of hydrogen-bond acceptors (Lipinski definition) is 2. The van der Waals surface area contributed by atoms with Gasteiger partial charge in [0.25, 0.3) is 0 Å². The van der Waals surface area contributed by atoms with E-state index in [9.17, 15) is 0 Å². The van der Waals surface area contributed by atoms with Crippen molar-refractivity contribution in [3.05, 3.63) is 23.8 Å². The summed E-state index contributed by atoms with van der Waals surface area (Å²) in [5.41, 5.74) is 1.08. The number of hydrogen-bond donors (Lipinski definition) is 2. The molecule has 0 saturated heterocycles. The molecule has 1 rings (SSSR count). The van der Waals surface area contributed by atoms with Gasteiger partial charge in [0.05, 0.1) is 0 Å². The number of allylic oxidation sites excluding steroid dienone is 2. The Morgan fingerprint density at radius 1 is 1.40 bits per heavy atom. The van der Waals surface area contributed by atoms with Crippen molar-refractivity contribution < 1.29 is 10.2 Å². The van der Waals surface area contributed by atoms with Crippen LogP contribution < -0.4 is 0 Å². The van der Waals surface area contributed by atoms with Gasteiger partial charge in [0.2, 0.25) is 0 Å². The fraction of sp³-hybridized carbons (Fsp3) is 0.500. The largest absolute Gasteiger partial charge is 0.386 e. The van der Waals surface area contributed by atoms with Gasteiger partial charge >= 0.3 is 0 Å². The van der Waals surface area contributed by atoms with Crippen LogP contribution >= 0.6 is 0 Å². The van der Waals surface area contributed by atoms with Crippen molar-refractivity contribution in [3.8, 4) is 0 Å². The lowest BCUT2D eigenvalue weighted by Gasteiger charge is -2.15. The lowest BCUT2D eigenvalue weighted by molar-refractivity contribution is 0.0785. The average molecular weight is 140 g/mol. The van der Waals surface area contributed by atoms with E-state index in [1.807, 2.05) is 13.0 Å². The maximum absolute atomic E-state index is 9.10. The van der Waals surface area contributed by atoms with E-state index in [1.54, 1.807) is 12.2 Å². The molecule has 10 heavy (non-hydrogen) atoms. The van der Waals surface area contributed by atoms with Gasteiger partial charge in [-0.1, -0.05) is 25.2 Å². The molecule has 0 aliphatic heterocycles. The second-order valence-corrected chi connectivity index (χ2v) is 2.44. The van der Waals surface area contributed by atoms with Crippen LogP contribution in [0.15, 0.2) is 23.8 Å². The van der Waals surface area contributed by atoms with E-state index >= 15 is 0 Å². The summed E-state index contributed by atoms with van der Waals surface area (Å²) in [4.78, 5) is 0. The van der Waals surface area contributed by atoms with Crippen molar-refractivity contribution in [2.75, 3.05) is 0 Å². The SMILES string of the molecule is CCC1=CC(O)C(O)C=C1. The Bertz CT molecular complexity index is 170. The molecule has 2 nitrogen and oxygen atoms in total. The molecule has 0 fully saturated rings. The summed E-state index contributed by atoms with van der Waals surface area (Å²) in [5.74, 6) is 0. The van der Waals surface area contributed by atoms with Gasteiger partial charge in [-0.2, -0.15) is 0 Å². The third kappa shape index (κ3) is 1.46. The van der Waals surface area contributed by atoms with Gasteiger partial charge in [-0.05, 0) is 12.0 Å². The van der Waals surface area contributed by atoms with Gasteiger partial charge in [0.15, 0.2) is 0 Å². The average Bonchev–Trinajstić information content (AvgIpc) is 1.95. The minimum absolute atomic E-state index is 0.708. The van der Waals surface area contributed by atoms with E-state index in [1.165, 1.54) is 0 Å². The Morgan fingerprint density at radius 3 is 2.60 bits per heavy atom. The molecular weight excluding hydrogens is 128 g/mol. The second-order valence-electron chi connectivity index (χ2n) is 2.44. The quantitative estimate of drug-likeness (QED) is 0.560. The van der Waals surface area contributed by atoms with Crippen LogP contribution in [0.3, 0.4) is 0 Å². The molecule has 0 bridgehead atoms. The molecule has 0 amide bonds. The molecule has 0 radical (unpaired) electrons. The van der Waals surface area contributed by atoms with Crippen molar-refractivity contribution in [3.63, 3.8) is 0 Å². The fourth-order valence-corrected chi connectivity index (χ4v) is 0.945. The molecule has 0 aromatic heterocycles. The zero-order valence-electron chi connectivity index (χ0n) is 5.99. The highest BCUT2D eigenvalue weighted by atomic mass is 16.3. The first kappa shape index (κ1) is 7.51. The molecule has 2 N–H and O–H groups in total. The molecule has 0 aromatic rings. The summed E-state index contributed by atoms with van der Waals surface area (Å²) in [6, 6.07) is 0. The van der Waals surface area contributed by atoms with Crippen LogP contribution in [0.2, 0.25) is 0 Å². The summed E-state index contributed by atoms with van der Waals surface area (Å²) in [6.45, 7) is 2.01. The summed E-state index contributed by atoms with van der Waals surface area (Å²) >= 11 is 0. The van der Waals surface area contributed by atoms with Gasteiger partial charge in [0, 0.05) is 0 Å². The maximum atomic E-state index is 9.10. The molecule has 2 atom stereocenters. The summed E-state index contributed by atoms with van der Waals surface area (Å²) in [6.07, 6.45) is 4.63. The summed E-state index contributed by atoms with van der Waals surface area (Å²) in [7, 11) is 0. The molecule has 0 spiro atoms. The Labute approximate surface area is 60.5 Å². The number of aliphatic hydroxyl groups is 2. The summed E-state index contributed by atoms with van der Waals surface area (Å²) < 4.78 is 0. The van der Waals surface area contributed by atoms with Gasteiger partial charge in [-0.25, -0.2) is 0 Å². The zero-order valence-corrected chi connectivity index (χ0v) is 5.99. The van der Waals surface area contributed by atoms with Crippen molar-refractivity contribution in [1.29, 1.82) is 0 Å². The predicted octanol–water partition coefficient (Wildman–Crippen LogP) is 0.614. The second kappa shape index (κ2) is 2.99. The molecule has 2 heteroatoms. The standard InChI is InChI=1S/C8H12O2/c1-2-6-3-4-7(9)8(10)5-6/h3-5,7-10H,2H2,1H3. The van der Waals surface area contributed by atoms with Crippen molar-refractivity contribution in [2.45, 2.75) is 25.6 Å². The predicted molar refractivity (Wildman–Crippen MR) is 39.5 cm³/mol. The van der Waals surface area contributed by atoms with Crippen molar-refractivity contribution in [2.24, 2.45) is 0 Å². The fourth-order valence-electron chi connectivity index (χ4n) is 0.945. The third-order valence-corrected chi connectivity index (χ3v) is 1.65. The molecule has 2 unspecified atom stereocenters. The van der Waals surface area contributed by atoms with Crippen LogP contribution in [0.4, 0.5) is 0 Å². The lowest BCUT2D eigenvalue weighted by atomic mass is 10.0. The first-order valence-electron chi connectivity index (χ1n) is 3.49. The van der Waals surface area contributed by atoms with E-state index in [-0.39, 0.29) is 0 Å². The first-order chi connectivity index (χ1) is 4.74. The number of rotatable bonds is 1. The highest BCUT2D eigenvalue weighted by Gasteiger charge is 2.13. The van der Waals surface area contributed by atoms with E-state index < -0.39 is 12.2 Å². The van der Waals surface area contributed by atoms with E-state index in [4.69, 9.17) is 10.2 Å². The molecule has 1 aliphatic rings. The normalized spacial score (nSPS) is 32.1. The highest BCUT2D eigenvalue weighted by molar-refractivity contribution is 5.26. The van der Waals surface area contributed by atoms with Crippen LogP contribution in [-0.2, 0) is 0 Å². The molecule has 1 aliphatic carbocycles. The van der Waals surface area contributed by atoms with Crippen LogP contribution in [0.25, 0.3) is 0 Å². The molecule has 0 aromatic carbocycles. The number of aliphatic hydroxyl groups excluding tert-OH is 2. The molecule has 56 valence electrons. The van der Waals surface area contributed by atoms with Crippen molar-refractivity contribution >= 4 is 0 Å². The van der Waals surface area contributed by atoms with Crippen molar-refractivity contribution in [1.82, 2.24) is 0 Å². The maximum Gasteiger partial charge on any atom is 0.102 e. The molecular formula is C8H12O2. The Hall–Kier alpha value is -0.600. The minimum Gasteiger partial charge on any atom is -0.386 e. The summed E-state index contributed by atoms with van der Waals surface area (Å²) in [5, 5.41) is 18.1. The Kier molecular flexibility index (Phi) is 2.25. The monoisotopic (exact) mass is 140 g/mol. The van der Waals surface area contributed by atoms with Crippen LogP contribution in [0.1, 0.15) is 13.3 Å². The molecule has 0 saturated carbocycles. The smallest absolute Gasteiger partial charge is 0.102 e. The topological polar surface area (TPSA) is 40.5 Å². The first-order valence-corrected chi connectivity index (χ1v) is 3.49. The van der Waals surface area contributed by atoms with Gasteiger partial charge in [-0.3, -0.25) is 0 Å². The van der Waals surface area contributed by atoms with E-state index in [2.05, 4.69) is 0 Å².